The van der Waals surface area contributed by atoms with Crippen molar-refractivity contribution in [1.29, 1.82) is 0 Å². The van der Waals surface area contributed by atoms with Crippen LogP contribution in [0.3, 0.4) is 0 Å². The Kier molecular flexibility index (Phi) is 4.93. The Morgan fingerprint density at radius 2 is 2.11 bits per heavy atom. The van der Waals surface area contributed by atoms with Gasteiger partial charge in [0, 0.05) is 12.6 Å². The van der Waals surface area contributed by atoms with E-state index in [1.165, 1.54) is 0 Å². The fourth-order valence-corrected chi connectivity index (χ4v) is 2.76. The Balaban J connectivity index is 1.88. The van der Waals surface area contributed by atoms with Crippen molar-refractivity contribution in [1.82, 2.24) is 4.90 Å². The van der Waals surface area contributed by atoms with E-state index < -0.39 is 12.1 Å². The van der Waals surface area contributed by atoms with Gasteiger partial charge in [-0.3, -0.25) is 9.69 Å². The summed E-state index contributed by atoms with van der Waals surface area (Å²) in [6.07, 6.45) is 2.54. The molecule has 104 valence electrons. The molecule has 1 aliphatic heterocycles. The summed E-state index contributed by atoms with van der Waals surface area (Å²) in [5.74, 6) is -0.755. The maximum Gasteiger partial charge on any atom is 0.304 e. The molecule has 0 aromatic heterocycles. The van der Waals surface area contributed by atoms with Gasteiger partial charge in [-0.1, -0.05) is 30.3 Å². The van der Waals surface area contributed by atoms with Crippen LogP contribution in [-0.2, 0) is 4.79 Å². The summed E-state index contributed by atoms with van der Waals surface area (Å²) >= 11 is 0. The highest BCUT2D eigenvalue weighted by Crippen LogP contribution is 2.27. The van der Waals surface area contributed by atoms with Crippen LogP contribution in [0.5, 0.6) is 0 Å². The van der Waals surface area contributed by atoms with Crippen LogP contribution in [0, 0.1) is 0 Å². The first kappa shape index (κ1) is 14.0. The van der Waals surface area contributed by atoms with E-state index in [-0.39, 0.29) is 6.42 Å². The molecule has 0 aliphatic carbocycles. The second kappa shape index (κ2) is 6.68. The normalized spacial score (nSPS) is 21.4. The van der Waals surface area contributed by atoms with E-state index in [0.717, 1.165) is 24.9 Å². The number of nitrogens with zero attached hydrogens (tertiary/aromatic N) is 1. The predicted molar refractivity (Wildman–Crippen MR) is 72.9 cm³/mol. The zero-order chi connectivity index (χ0) is 13.7. The number of carbonyl (C=O) groups is 1. The highest BCUT2D eigenvalue weighted by Gasteiger charge is 2.27. The molecule has 0 spiro atoms. The lowest BCUT2D eigenvalue weighted by molar-refractivity contribution is -0.137. The number of likely N-dealkylation sites (tertiary alicyclic amines) is 1. The number of carboxylic acids is 1. The van der Waals surface area contributed by atoms with Crippen LogP contribution in [0.15, 0.2) is 30.3 Å². The molecule has 1 heterocycles. The van der Waals surface area contributed by atoms with Crippen molar-refractivity contribution in [3.63, 3.8) is 0 Å². The minimum atomic E-state index is -0.755. The van der Waals surface area contributed by atoms with Gasteiger partial charge in [0.1, 0.15) is 0 Å². The topological polar surface area (TPSA) is 60.8 Å². The molecule has 1 fully saturated rings. The number of aliphatic carboxylic acids is 1. The van der Waals surface area contributed by atoms with E-state index in [1.54, 1.807) is 0 Å². The minimum absolute atomic E-state index is 0.179. The number of carboxylic acid groups (broad SMARTS) is 1. The molecule has 2 N–H and O–H groups in total. The van der Waals surface area contributed by atoms with Gasteiger partial charge in [-0.05, 0) is 31.4 Å². The molecule has 4 heteroatoms. The summed E-state index contributed by atoms with van der Waals surface area (Å²) in [6.45, 7) is 1.53. The van der Waals surface area contributed by atoms with E-state index >= 15 is 0 Å². The zero-order valence-corrected chi connectivity index (χ0v) is 11.0. The Morgan fingerprint density at radius 1 is 1.37 bits per heavy atom. The summed E-state index contributed by atoms with van der Waals surface area (Å²) in [5, 5.41) is 19.0. The molecule has 4 nitrogen and oxygen atoms in total. The molecule has 1 aliphatic rings. The van der Waals surface area contributed by atoms with Crippen molar-refractivity contribution >= 4 is 5.97 Å². The van der Waals surface area contributed by atoms with Crippen molar-refractivity contribution < 1.29 is 15.0 Å². The lowest BCUT2D eigenvalue weighted by atomic mass is 10.0. The number of hydrogen-bond acceptors (Lipinski definition) is 3. The van der Waals surface area contributed by atoms with E-state index in [0.29, 0.717) is 19.0 Å². The monoisotopic (exact) mass is 263 g/mol. The van der Waals surface area contributed by atoms with Crippen LogP contribution in [0.1, 0.15) is 37.4 Å². The first-order valence-corrected chi connectivity index (χ1v) is 6.85. The predicted octanol–water partition coefficient (Wildman–Crippen LogP) is 2.05. The quantitative estimate of drug-likeness (QED) is 0.824. The molecule has 1 saturated heterocycles. The second-order valence-corrected chi connectivity index (χ2v) is 5.14. The van der Waals surface area contributed by atoms with E-state index in [9.17, 15) is 9.90 Å². The van der Waals surface area contributed by atoms with Crippen LogP contribution in [-0.4, -0.2) is 40.2 Å². The minimum Gasteiger partial charge on any atom is -0.481 e. The van der Waals surface area contributed by atoms with Gasteiger partial charge in [0.15, 0.2) is 0 Å². The number of rotatable bonds is 6. The SMILES string of the molecule is O=C(O)CCN1CCCC1CC(O)c1ccccc1. The highest BCUT2D eigenvalue weighted by molar-refractivity contribution is 5.66. The largest absolute Gasteiger partial charge is 0.481 e. The van der Waals surface area contributed by atoms with Crippen molar-refractivity contribution in [3.8, 4) is 0 Å². The van der Waals surface area contributed by atoms with Gasteiger partial charge in [0.05, 0.1) is 12.5 Å². The maximum absolute atomic E-state index is 10.6. The maximum atomic E-state index is 10.6. The van der Waals surface area contributed by atoms with Gasteiger partial charge in [0.25, 0.3) is 0 Å². The van der Waals surface area contributed by atoms with Gasteiger partial charge in [0.2, 0.25) is 0 Å². The summed E-state index contributed by atoms with van der Waals surface area (Å²) in [5.41, 5.74) is 0.938. The van der Waals surface area contributed by atoms with Crippen LogP contribution < -0.4 is 0 Å². The van der Waals surface area contributed by atoms with Gasteiger partial charge in [-0.15, -0.1) is 0 Å². The van der Waals surface area contributed by atoms with Crippen molar-refractivity contribution in [2.24, 2.45) is 0 Å². The van der Waals surface area contributed by atoms with E-state index in [4.69, 9.17) is 5.11 Å². The molecule has 19 heavy (non-hydrogen) atoms. The Morgan fingerprint density at radius 3 is 2.79 bits per heavy atom. The molecular weight excluding hydrogens is 242 g/mol. The lowest BCUT2D eigenvalue weighted by Crippen LogP contribution is -2.32. The summed E-state index contributed by atoms with van der Waals surface area (Å²) in [7, 11) is 0. The Hall–Kier alpha value is -1.39. The molecule has 0 bridgehead atoms. The van der Waals surface area contributed by atoms with E-state index in [1.807, 2.05) is 30.3 Å². The van der Waals surface area contributed by atoms with Crippen LogP contribution in [0.25, 0.3) is 0 Å². The van der Waals surface area contributed by atoms with Crippen molar-refractivity contribution in [3.05, 3.63) is 35.9 Å². The smallest absolute Gasteiger partial charge is 0.304 e. The van der Waals surface area contributed by atoms with Gasteiger partial charge >= 0.3 is 5.97 Å². The van der Waals surface area contributed by atoms with Gasteiger partial charge < -0.3 is 10.2 Å². The molecule has 2 rings (SSSR count). The molecule has 0 amide bonds. The molecule has 2 unspecified atom stereocenters. The van der Waals surface area contributed by atoms with Crippen LogP contribution in [0.2, 0.25) is 0 Å². The summed E-state index contributed by atoms with van der Waals surface area (Å²) in [4.78, 5) is 12.8. The third kappa shape index (κ3) is 4.04. The standard InChI is InChI=1S/C15H21NO3/c17-14(12-5-2-1-3-6-12)11-13-7-4-9-16(13)10-8-15(18)19/h1-3,5-6,13-14,17H,4,7-11H2,(H,18,19). The fraction of sp³-hybridized carbons (Fsp3) is 0.533. The molecule has 1 aromatic carbocycles. The molecule has 1 aromatic rings. The first-order valence-electron chi connectivity index (χ1n) is 6.85. The van der Waals surface area contributed by atoms with E-state index in [2.05, 4.69) is 4.90 Å². The first-order chi connectivity index (χ1) is 9.16. The third-order valence-corrected chi connectivity index (χ3v) is 3.79. The highest BCUT2D eigenvalue weighted by atomic mass is 16.4. The summed E-state index contributed by atoms with van der Waals surface area (Å²) < 4.78 is 0. The average Bonchev–Trinajstić information content (AvgIpc) is 2.84. The number of benzene rings is 1. The average molecular weight is 263 g/mol. The Bertz CT molecular complexity index is 407. The fourth-order valence-electron chi connectivity index (χ4n) is 2.76. The van der Waals surface area contributed by atoms with Crippen molar-refractivity contribution in [2.45, 2.75) is 37.8 Å². The van der Waals surface area contributed by atoms with Gasteiger partial charge in [-0.25, -0.2) is 0 Å². The lowest BCUT2D eigenvalue weighted by Gasteiger charge is -2.26. The molecule has 0 saturated carbocycles. The summed E-state index contributed by atoms with van der Waals surface area (Å²) in [6, 6.07) is 9.95. The van der Waals surface area contributed by atoms with Crippen LogP contribution >= 0.6 is 0 Å². The Labute approximate surface area is 113 Å². The number of aliphatic hydroxyl groups is 1. The number of aliphatic hydroxyl groups excluding tert-OH is 1. The second-order valence-electron chi connectivity index (χ2n) is 5.14. The third-order valence-electron chi connectivity index (χ3n) is 3.79. The zero-order valence-electron chi connectivity index (χ0n) is 11.0. The van der Waals surface area contributed by atoms with Gasteiger partial charge in [-0.2, -0.15) is 0 Å². The molecular formula is C15H21NO3. The van der Waals surface area contributed by atoms with Crippen LogP contribution in [0.4, 0.5) is 0 Å². The molecule has 0 radical (unpaired) electrons. The number of hydrogen-bond donors (Lipinski definition) is 2. The molecule has 2 atom stereocenters. The van der Waals surface area contributed by atoms with Crippen molar-refractivity contribution in [2.75, 3.05) is 13.1 Å².